The number of hydrogen-bond donors (Lipinski definition) is 1. The number of para-hydroxylation sites is 2. The topological polar surface area (TPSA) is 64.2 Å². The summed E-state index contributed by atoms with van der Waals surface area (Å²) < 4.78 is 3.81. The lowest BCUT2D eigenvalue weighted by atomic mass is 10.2. The number of benzene rings is 1. The zero-order valence-corrected chi connectivity index (χ0v) is 12.6. The fourth-order valence-corrected chi connectivity index (χ4v) is 2.72. The molecule has 3 heterocycles. The molecule has 0 radical (unpaired) electrons. The highest BCUT2D eigenvalue weighted by Gasteiger charge is 2.13. The van der Waals surface area contributed by atoms with Crippen molar-refractivity contribution in [3.63, 3.8) is 0 Å². The number of fused-ring (bicyclic) bond motifs is 2. The van der Waals surface area contributed by atoms with Gasteiger partial charge in [-0.2, -0.15) is 0 Å². The minimum absolute atomic E-state index is 0.189. The molecule has 114 valence electrons. The van der Waals surface area contributed by atoms with Gasteiger partial charge in [0.25, 0.3) is 5.91 Å². The minimum atomic E-state index is -0.189. The van der Waals surface area contributed by atoms with Crippen molar-refractivity contribution >= 4 is 28.5 Å². The first-order valence-corrected chi connectivity index (χ1v) is 7.45. The SMILES string of the molecule is CCn1c(NC(=O)c2ccc3nccn3c2)nc2ccccc21. The van der Waals surface area contributed by atoms with Crippen molar-refractivity contribution in [1.82, 2.24) is 18.9 Å². The van der Waals surface area contributed by atoms with Crippen molar-refractivity contribution in [2.24, 2.45) is 0 Å². The molecule has 0 atom stereocenters. The molecular formula is C17H15N5O. The number of aromatic nitrogens is 4. The van der Waals surface area contributed by atoms with Crippen LogP contribution in [0.15, 0.2) is 55.0 Å². The van der Waals surface area contributed by atoms with E-state index in [-0.39, 0.29) is 5.91 Å². The van der Waals surface area contributed by atoms with E-state index in [0.717, 1.165) is 23.2 Å². The first-order valence-electron chi connectivity index (χ1n) is 7.45. The molecule has 0 fully saturated rings. The normalized spacial score (nSPS) is 11.2. The number of aryl methyl sites for hydroxylation is 1. The predicted octanol–water partition coefficient (Wildman–Crippen LogP) is 2.96. The molecule has 0 bridgehead atoms. The van der Waals surface area contributed by atoms with Gasteiger partial charge in [0, 0.05) is 25.1 Å². The lowest BCUT2D eigenvalue weighted by Crippen LogP contribution is -2.16. The Morgan fingerprint density at radius 2 is 2.09 bits per heavy atom. The summed E-state index contributed by atoms with van der Waals surface area (Å²) in [5.74, 6) is 0.370. The summed E-state index contributed by atoms with van der Waals surface area (Å²) in [4.78, 5) is 21.2. The van der Waals surface area contributed by atoms with E-state index in [1.807, 2.05) is 52.4 Å². The average Bonchev–Trinajstić information content (AvgIpc) is 3.17. The number of rotatable bonds is 3. The summed E-state index contributed by atoms with van der Waals surface area (Å²) in [5.41, 5.74) is 3.25. The van der Waals surface area contributed by atoms with Crippen LogP contribution in [0.2, 0.25) is 0 Å². The molecule has 0 saturated heterocycles. The molecule has 1 aromatic carbocycles. The first-order chi connectivity index (χ1) is 11.3. The highest BCUT2D eigenvalue weighted by atomic mass is 16.1. The van der Waals surface area contributed by atoms with Gasteiger partial charge in [-0.1, -0.05) is 12.1 Å². The maximum atomic E-state index is 12.5. The quantitative estimate of drug-likeness (QED) is 0.633. The molecule has 0 spiro atoms. The second-order valence-electron chi connectivity index (χ2n) is 5.23. The van der Waals surface area contributed by atoms with Gasteiger partial charge < -0.3 is 8.97 Å². The number of nitrogens with zero attached hydrogens (tertiary/aromatic N) is 4. The number of anilines is 1. The Kier molecular flexibility index (Phi) is 3.08. The van der Waals surface area contributed by atoms with E-state index in [9.17, 15) is 4.79 Å². The Bertz CT molecular complexity index is 1010. The number of amides is 1. The lowest BCUT2D eigenvalue weighted by molar-refractivity contribution is 0.102. The van der Waals surface area contributed by atoms with Gasteiger partial charge in [-0.3, -0.25) is 10.1 Å². The van der Waals surface area contributed by atoms with Crippen LogP contribution in [0.4, 0.5) is 5.95 Å². The van der Waals surface area contributed by atoms with E-state index in [1.165, 1.54) is 0 Å². The third-order valence-corrected chi connectivity index (χ3v) is 3.85. The maximum absolute atomic E-state index is 12.5. The van der Waals surface area contributed by atoms with Crippen LogP contribution in [-0.2, 0) is 6.54 Å². The molecule has 0 aliphatic carbocycles. The molecule has 0 aliphatic rings. The van der Waals surface area contributed by atoms with Crippen LogP contribution >= 0.6 is 0 Å². The van der Waals surface area contributed by atoms with Gasteiger partial charge >= 0.3 is 0 Å². The Labute approximate surface area is 132 Å². The lowest BCUT2D eigenvalue weighted by Gasteiger charge is -2.08. The van der Waals surface area contributed by atoms with Crippen LogP contribution in [0.1, 0.15) is 17.3 Å². The van der Waals surface area contributed by atoms with Gasteiger partial charge in [0.1, 0.15) is 5.65 Å². The largest absolute Gasteiger partial charge is 0.310 e. The summed E-state index contributed by atoms with van der Waals surface area (Å²) in [5, 5.41) is 2.90. The standard InChI is InChI=1S/C17H15N5O/c1-2-22-14-6-4-3-5-13(14)19-17(22)20-16(23)12-7-8-15-18-9-10-21(15)11-12/h3-11H,2H2,1H3,(H,19,20,23). The number of nitrogens with one attached hydrogen (secondary N) is 1. The summed E-state index contributed by atoms with van der Waals surface area (Å²) in [7, 11) is 0. The van der Waals surface area contributed by atoms with Gasteiger partial charge in [0.15, 0.2) is 0 Å². The van der Waals surface area contributed by atoms with E-state index < -0.39 is 0 Å². The molecule has 1 amide bonds. The third-order valence-electron chi connectivity index (χ3n) is 3.85. The van der Waals surface area contributed by atoms with E-state index in [4.69, 9.17) is 0 Å². The van der Waals surface area contributed by atoms with Crippen molar-refractivity contribution in [3.8, 4) is 0 Å². The second kappa shape index (κ2) is 5.24. The molecule has 1 N–H and O–H groups in total. The fraction of sp³-hybridized carbons (Fsp3) is 0.118. The molecule has 4 aromatic rings. The van der Waals surface area contributed by atoms with Crippen LogP contribution in [0, 0.1) is 0 Å². The Hall–Kier alpha value is -3.15. The summed E-state index contributed by atoms with van der Waals surface area (Å²) in [6, 6.07) is 11.4. The summed E-state index contributed by atoms with van der Waals surface area (Å²) in [6.07, 6.45) is 5.28. The van der Waals surface area contributed by atoms with Crippen LogP contribution in [-0.4, -0.2) is 24.8 Å². The molecule has 0 saturated carbocycles. The predicted molar refractivity (Wildman–Crippen MR) is 88.6 cm³/mol. The number of hydrogen-bond acceptors (Lipinski definition) is 3. The molecule has 0 unspecified atom stereocenters. The molecule has 3 aromatic heterocycles. The zero-order chi connectivity index (χ0) is 15.8. The van der Waals surface area contributed by atoms with Gasteiger partial charge in [0.05, 0.1) is 16.6 Å². The van der Waals surface area contributed by atoms with Crippen molar-refractivity contribution in [2.45, 2.75) is 13.5 Å². The van der Waals surface area contributed by atoms with Crippen LogP contribution in [0.3, 0.4) is 0 Å². The van der Waals surface area contributed by atoms with Crippen molar-refractivity contribution in [1.29, 1.82) is 0 Å². The summed E-state index contributed by atoms with van der Waals surface area (Å²) in [6.45, 7) is 2.76. The van der Waals surface area contributed by atoms with Crippen LogP contribution in [0.25, 0.3) is 16.7 Å². The van der Waals surface area contributed by atoms with Gasteiger partial charge in [-0.25, -0.2) is 9.97 Å². The van der Waals surface area contributed by atoms with Gasteiger partial charge in [-0.15, -0.1) is 0 Å². The first kappa shape index (κ1) is 13.5. The molecule has 23 heavy (non-hydrogen) atoms. The van der Waals surface area contributed by atoms with E-state index in [2.05, 4.69) is 15.3 Å². The van der Waals surface area contributed by atoms with Crippen molar-refractivity contribution in [3.05, 3.63) is 60.6 Å². The fourth-order valence-electron chi connectivity index (χ4n) is 2.72. The Balaban J connectivity index is 1.70. The molecule has 0 aliphatic heterocycles. The van der Waals surface area contributed by atoms with E-state index in [0.29, 0.717) is 11.5 Å². The molecule has 4 rings (SSSR count). The number of carbonyl (C=O) groups excluding carboxylic acids is 1. The van der Waals surface area contributed by atoms with E-state index >= 15 is 0 Å². The highest BCUT2D eigenvalue weighted by Crippen LogP contribution is 2.20. The van der Waals surface area contributed by atoms with Crippen LogP contribution in [0.5, 0.6) is 0 Å². The van der Waals surface area contributed by atoms with E-state index in [1.54, 1.807) is 18.5 Å². The van der Waals surface area contributed by atoms with Gasteiger partial charge in [0.2, 0.25) is 5.95 Å². The molecule has 6 heteroatoms. The Morgan fingerprint density at radius 3 is 2.96 bits per heavy atom. The smallest absolute Gasteiger partial charge is 0.259 e. The summed E-state index contributed by atoms with van der Waals surface area (Å²) >= 11 is 0. The number of imidazole rings is 2. The van der Waals surface area contributed by atoms with Gasteiger partial charge in [-0.05, 0) is 31.2 Å². The average molecular weight is 305 g/mol. The monoisotopic (exact) mass is 305 g/mol. The number of carbonyl (C=O) groups is 1. The second-order valence-corrected chi connectivity index (χ2v) is 5.23. The molecular weight excluding hydrogens is 290 g/mol. The third kappa shape index (κ3) is 2.24. The minimum Gasteiger partial charge on any atom is -0.310 e. The number of pyridine rings is 1. The van der Waals surface area contributed by atoms with Crippen molar-refractivity contribution < 1.29 is 4.79 Å². The van der Waals surface area contributed by atoms with Crippen molar-refractivity contribution in [2.75, 3.05) is 5.32 Å². The zero-order valence-electron chi connectivity index (χ0n) is 12.6. The van der Waals surface area contributed by atoms with Crippen LogP contribution < -0.4 is 5.32 Å². The highest BCUT2D eigenvalue weighted by molar-refractivity contribution is 6.04. The molecule has 6 nitrogen and oxygen atoms in total. The maximum Gasteiger partial charge on any atom is 0.259 e. The Morgan fingerprint density at radius 1 is 1.22 bits per heavy atom.